The van der Waals surface area contributed by atoms with Crippen LogP contribution in [0.2, 0.25) is 0 Å². The lowest BCUT2D eigenvalue weighted by atomic mass is 9.75. The fourth-order valence-corrected chi connectivity index (χ4v) is 2.74. The molecule has 1 aliphatic rings. The second-order valence-corrected chi connectivity index (χ2v) is 5.57. The van der Waals surface area contributed by atoms with Crippen molar-refractivity contribution in [2.75, 3.05) is 7.11 Å². The Morgan fingerprint density at radius 2 is 2.00 bits per heavy atom. The molecule has 19 heavy (non-hydrogen) atoms. The lowest BCUT2D eigenvalue weighted by Gasteiger charge is -2.39. The van der Waals surface area contributed by atoms with Crippen LogP contribution in [0.4, 0.5) is 4.39 Å². The third-order valence-electron chi connectivity index (χ3n) is 4.14. The van der Waals surface area contributed by atoms with Gasteiger partial charge in [-0.15, -0.1) is 0 Å². The van der Waals surface area contributed by atoms with Crippen molar-refractivity contribution in [3.05, 3.63) is 29.6 Å². The standard InChI is InChI=1S/C15H21FO3/c1-10-5-7-15(18,8-6-10)14(17)12-9-11(16)3-4-13(12)19-2/h3-4,9-10,14,17-18H,5-8H2,1-2H3. The first-order valence-corrected chi connectivity index (χ1v) is 6.70. The highest BCUT2D eigenvalue weighted by atomic mass is 19.1. The van der Waals surface area contributed by atoms with Gasteiger partial charge < -0.3 is 14.9 Å². The van der Waals surface area contributed by atoms with Crippen LogP contribution >= 0.6 is 0 Å². The van der Waals surface area contributed by atoms with Gasteiger partial charge >= 0.3 is 0 Å². The molecule has 0 radical (unpaired) electrons. The van der Waals surface area contributed by atoms with Crippen LogP contribution < -0.4 is 4.74 Å². The van der Waals surface area contributed by atoms with Gasteiger partial charge in [0.15, 0.2) is 0 Å². The van der Waals surface area contributed by atoms with Crippen molar-refractivity contribution in [1.29, 1.82) is 0 Å². The maximum absolute atomic E-state index is 13.3. The van der Waals surface area contributed by atoms with Crippen LogP contribution in [0.5, 0.6) is 5.75 Å². The molecule has 1 aromatic rings. The molecule has 0 spiro atoms. The summed E-state index contributed by atoms with van der Waals surface area (Å²) in [5.74, 6) is 0.519. The number of hydrogen-bond acceptors (Lipinski definition) is 3. The van der Waals surface area contributed by atoms with Crippen molar-refractivity contribution >= 4 is 0 Å². The lowest BCUT2D eigenvalue weighted by Crippen LogP contribution is -2.40. The third-order valence-corrected chi connectivity index (χ3v) is 4.14. The highest BCUT2D eigenvalue weighted by Crippen LogP contribution is 2.42. The van der Waals surface area contributed by atoms with Gasteiger partial charge in [0, 0.05) is 5.56 Å². The summed E-state index contributed by atoms with van der Waals surface area (Å²) in [5.41, 5.74) is -0.868. The first-order valence-electron chi connectivity index (χ1n) is 6.70. The van der Waals surface area contributed by atoms with E-state index < -0.39 is 17.5 Å². The van der Waals surface area contributed by atoms with Crippen LogP contribution in [0.15, 0.2) is 18.2 Å². The van der Waals surface area contributed by atoms with E-state index in [1.165, 1.54) is 25.3 Å². The Hall–Kier alpha value is -1.13. The van der Waals surface area contributed by atoms with Crippen molar-refractivity contribution in [2.24, 2.45) is 5.92 Å². The average molecular weight is 268 g/mol. The number of methoxy groups -OCH3 is 1. The van der Waals surface area contributed by atoms with E-state index in [0.717, 1.165) is 12.8 Å². The zero-order chi connectivity index (χ0) is 14.0. The number of aliphatic hydroxyl groups is 2. The molecule has 0 amide bonds. The minimum Gasteiger partial charge on any atom is -0.496 e. The molecule has 1 fully saturated rings. The molecule has 1 unspecified atom stereocenters. The van der Waals surface area contributed by atoms with E-state index >= 15 is 0 Å². The second kappa shape index (κ2) is 5.47. The summed E-state index contributed by atoms with van der Waals surface area (Å²) in [7, 11) is 1.47. The van der Waals surface area contributed by atoms with Crippen LogP contribution in [-0.4, -0.2) is 22.9 Å². The topological polar surface area (TPSA) is 49.7 Å². The molecule has 2 N–H and O–H groups in total. The Labute approximate surface area is 113 Å². The highest BCUT2D eigenvalue weighted by molar-refractivity contribution is 5.37. The Kier molecular flexibility index (Phi) is 4.11. The van der Waals surface area contributed by atoms with Gasteiger partial charge in [-0.3, -0.25) is 0 Å². The zero-order valence-corrected chi connectivity index (χ0v) is 11.4. The summed E-state index contributed by atoms with van der Waals surface area (Å²) in [6.45, 7) is 2.13. The van der Waals surface area contributed by atoms with Gasteiger partial charge in [0.1, 0.15) is 17.7 Å². The molecule has 1 saturated carbocycles. The first kappa shape index (κ1) is 14.3. The number of ether oxygens (including phenoxy) is 1. The zero-order valence-electron chi connectivity index (χ0n) is 11.4. The van der Waals surface area contributed by atoms with E-state index in [9.17, 15) is 14.6 Å². The molecule has 4 heteroatoms. The smallest absolute Gasteiger partial charge is 0.124 e. The minimum absolute atomic E-state index is 0.319. The molecule has 1 aliphatic carbocycles. The fraction of sp³-hybridized carbons (Fsp3) is 0.600. The van der Waals surface area contributed by atoms with Crippen LogP contribution in [0.1, 0.15) is 44.3 Å². The van der Waals surface area contributed by atoms with Crippen molar-refractivity contribution in [3.63, 3.8) is 0 Å². The maximum atomic E-state index is 13.3. The van der Waals surface area contributed by atoms with E-state index in [1.807, 2.05) is 0 Å². The van der Waals surface area contributed by atoms with E-state index in [0.29, 0.717) is 30.1 Å². The summed E-state index contributed by atoms with van der Waals surface area (Å²) >= 11 is 0. The van der Waals surface area contributed by atoms with Gasteiger partial charge in [0.25, 0.3) is 0 Å². The van der Waals surface area contributed by atoms with Crippen molar-refractivity contribution in [3.8, 4) is 5.75 Å². The molecular formula is C15H21FO3. The van der Waals surface area contributed by atoms with Crippen LogP contribution in [0.25, 0.3) is 0 Å². The van der Waals surface area contributed by atoms with E-state index in [1.54, 1.807) is 0 Å². The van der Waals surface area contributed by atoms with Crippen molar-refractivity contribution in [2.45, 2.75) is 44.3 Å². The lowest BCUT2D eigenvalue weighted by molar-refractivity contribution is -0.106. The minimum atomic E-state index is -1.19. The summed E-state index contributed by atoms with van der Waals surface area (Å²) in [4.78, 5) is 0. The van der Waals surface area contributed by atoms with Gasteiger partial charge in [-0.05, 0) is 49.8 Å². The molecular weight excluding hydrogens is 247 g/mol. The molecule has 0 heterocycles. The fourth-order valence-electron chi connectivity index (χ4n) is 2.74. The first-order chi connectivity index (χ1) is 8.96. The molecule has 2 rings (SSSR count). The maximum Gasteiger partial charge on any atom is 0.124 e. The number of hydrogen-bond donors (Lipinski definition) is 2. The number of aliphatic hydroxyl groups excluding tert-OH is 1. The molecule has 0 saturated heterocycles. The van der Waals surface area contributed by atoms with Crippen LogP contribution in [0, 0.1) is 11.7 Å². The van der Waals surface area contributed by atoms with Crippen molar-refractivity contribution in [1.82, 2.24) is 0 Å². The summed E-state index contributed by atoms with van der Waals surface area (Å²) in [6, 6.07) is 3.99. The Bertz CT molecular complexity index is 439. The SMILES string of the molecule is COc1ccc(F)cc1C(O)C1(O)CCC(C)CC1. The van der Waals surface area contributed by atoms with Gasteiger partial charge in [-0.1, -0.05) is 6.92 Å². The molecule has 1 atom stereocenters. The van der Waals surface area contributed by atoms with Crippen LogP contribution in [0.3, 0.4) is 0 Å². The Morgan fingerprint density at radius 1 is 1.37 bits per heavy atom. The predicted molar refractivity (Wildman–Crippen MR) is 70.5 cm³/mol. The summed E-state index contributed by atoms with van der Waals surface area (Å²) in [6.07, 6.45) is 1.66. The quantitative estimate of drug-likeness (QED) is 0.886. The average Bonchev–Trinajstić information content (AvgIpc) is 2.41. The Balaban J connectivity index is 2.28. The molecule has 106 valence electrons. The van der Waals surface area contributed by atoms with E-state index in [2.05, 4.69) is 6.92 Å². The highest BCUT2D eigenvalue weighted by Gasteiger charge is 2.40. The monoisotopic (exact) mass is 268 g/mol. The molecule has 0 bridgehead atoms. The summed E-state index contributed by atoms with van der Waals surface area (Å²) < 4.78 is 18.5. The Morgan fingerprint density at radius 3 is 2.58 bits per heavy atom. The molecule has 1 aromatic carbocycles. The number of rotatable bonds is 3. The number of halogens is 1. The molecule has 0 aliphatic heterocycles. The van der Waals surface area contributed by atoms with Gasteiger partial charge in [0.05, 0.1) is 12.7 Å². The predicted octanol–water partition coefficient (Wildman–Crippen LogP) is 2.81. The molecule has 3 nitrogen and oxygen atoms in total. The second-order valence-electron chi connectivity index (χ2n) is 5.57. The molecule has 0 aromatic heterocycles. The van der Waals surface area contributed by atoms with E-state index in [-0.39, 0.29) is 0 Å². The van der Waals surface area contributed by atoms with Crippen molar-refractivity contribution < 1.29 is 19.3 Å². The van der Waals surface area contributed by atoms with Crippen LogP contribution in [-0.2, 0) is 0 Å². The largest absolute Gasteiger partial charge is 0.496 e. The van der Waals surface area contributed by atoms with Gasteiger partial charge in [-0.2, -0.15) is 0 Å². The third kappa shape index (κ3) is 2.90. The number of benzene rings is 1. The normalized spacial score (nSPS) is 29.0. The summed E-state index contributed by atoms with van der Waals surface area (Å²) in [5, 5.41) is 21.0. The van der Waals surface area contributed by atoms with Gasteiger partial charge in [0.2, 0.25) is 0 Å². The van der Waals surface area contributed by atoms with E-state index in [4.69, 9.17) is 4.74 Å². The van der Waals surface area contributed by atoms with Gasteiger partial charge in [-0.25, -0.2) is 4.39 Å².